The predicted octanol–water partition coefficient (Wildman–Crippen LogP) is 3.98. The molecule has 0 radical (unpaired) electrons. The number of benzene rings is 2. The van der Waals surface area contributed by atoms with Crippen LogP contribution in [0.4, 0.5) is 18.9 Å². The van der Waals surface area contributed by atoms with Crippen molar-refractivity contribution in [1.29, 1.82) is 0 Å². The molecule has 0 saturated carbocycles. The summed E-state index contributed by atoms with van der Waals surface area (Å²) in [6.07, 6.45) is -4.52. The highest BCUT2D eigenvalue weighted by atomic mass is 19.4. The summed E-state index contributed by atoms with van der Waals surface area (Å²) in [5.41, 5.74) is -0.731. The fourth-order valence-corrected chi connectivity index (χ4v) is 2.19. The number of anilines is 1. The average Bonchev–Trinajstić information content (AvgIpc) is 2.60. The van der Waals surface area contributed by atoms with Crippen molar-refractivity contribution in [2.45, 2.75) is 6.18 Å². The minimum absolute atomic E-state index is 0.122. The molecule has 1 amide bonds. The van der Waals surface area contributed by atoms with Crippen LogP contribution in [0.1, 0.15) is 15.9 Å². The van der Waals surface area contributed by atoms with Gasteiger partial charge in [0.2, 0.25) is 5.75 Å². The molecule has 2 aromatic carbocycles. The molecule has 0 aromatic heterocycles. The van der Waals surface area contributed by atoms with Crippen molar-refractivity contribution in [2.75, 3.05) is 26.6 Å². The first-order valence-corrected chi connectivity index (χ1v) is 7.08. The average molecular weight is 355 g/mol. The number of ether oxygens (including phenoxy) is 3. The summed E-state index contributed by atoms with van der Waals surface area (Å²) in [4.78, 5) is 12.3. The highest BCUT2D eigenvalue weighted by Crippen LogP contribution is 2.40. The van der Waals surface area contributed by atoms with Crippen molar-refractivity contribution in [3.05, 3.63) is 47.5 Å². The van der Waals surface area contributed by atoms with Gasteiger partial charge in [0, 0.05) is 23.4 Å². The molecule has 8 heteroatoms. The van der Waals surface area contributed by atoms with Crippen molar-refractivity contribution in [2.24, 2.45) is 0 Å². The lowest BCUT2D eigenvalue weighted by atomic mass is 10.1. The van der Waals surface area contributed by atoms with Crippen molar-refractivity contribution < 1.29 is 32.2 Å². The molecular formula is C17H16F3NO4. The second kappa shape index (κ2) is 7.33. The molecule has 25 heavy (non-hydrogen) atoms. The molecule has 1 N–H and O–H groups in total. The van der Waals surface area contributed by atoms with E-state index in [0.29, 0.717) is 17.2 Å². The zero-order valence-electron chi connectivity index (χ0n) is 13.7. The Morgan fingerprint density at radius 1 is 0.960 bits per heavy atom. The fraction of sp³-hybridized carbons (Fsp3) is 0.235. The molecule has 2 aromatic rings. The van der Waals surface area contributed by atoms with Gasteiger partial charge < -0.3 is 19.5 Å². The monoisotopic (exact) mass is 355 g/mol. The highest BCUT2D eigenvalue weighted by molar-refractivity contribution is 6.04. The van der Waals surface area contributed by atoms with Crippen molar-refractivity contribution in [3.63, 3.8) is 0 Å². The maximum absolute atomic E-state index is 12.8. The Kier molecular flexibility index (Phi) is 5.41. The maximum atomic E-state index is 12.8. The van der Waals surface area contributed by atoms with Gasteiger partial charge in [-0.25, -0.2) is 0 Å². The number of alkyl halides is 3. The lowest BCUT2D eigenvalue weighted by molar-refractivity contribution is -0.137. The van der Waals surface area contributed by atoms with E-state index in [1.165, 1.54) is 45.6 Å². The second-order valence-corrected chi connectivity index (χ2v) is 4.95. The number of hydrogen-bond acceptors (Lipinski definition) is 4. The quantitative estimate of drug-likeness (QED) is 0.881. The summed E-state index contributed by atoms with van der Waals surface area (Å²) in [7, 11) is 4.26. The molecule has 134 valence electrons. The molecule has 0 spiro atoms. The number of carbonyl (C=O) groups excluding carboxylic acids is 1. The predicted molar refractivity (Wildman–Crippen MR) is 85.5 cm³/mol. The topological polar surface area (TPSA) is 56.8 Å². The summed E-state index contributed by atoms with van der Waals surface area (Å²) < 4.78 is 53.8. The van der Waals surface area contributed by atoms with E-state index in [4.69, 9.17) is 14.2 Å². The van der Waals surface area contributed by atoms with Crippen molar-refractivity contribution in [1.82, 2.24) is 0 Å². The molecule has 0 fully saturated rings. The second-order valence-electron chi connectivity index (χ2n) is 4.95. The van der Waals surface area contributed by atoms with E-state index in [1.54, 1.807) is 0 Å². The van der Waals surface area contributed by atoms with Crippen LogP contribution < -0.4 is 19.5 Å². The largest absolute Gasteiger partial charge is 0.493 e. The van der Waals surface area contributed by atoms with Gasteiger partial charge in [-0.15, -0.1) is 0 Å². The third-order valence-electron chi connectivity index (χ3n) is 3.37. The van der Waals surface area contributed by atoms with Crippen LogP contribution in [-0.4, -0.2) is 27.2 Å². The number of methoxy groups -OCH3 is 3. The Bertz CT molecular complexity index is 750. The number of hydrogen-bond donors (Lipinski definition) is 1. The van der Waals surface area contributed by atoms with Gasteiger partial charge in [0.1, 0.15) is 0 Å². The van der Waals surface area contributed by atoms with Crippen LogP contribution >= 0.6 is 0 Å². The summed E-state index contributed by atoms with van der Waals surface area (Å²) in [5.74, 6) is 0.254. The minimum atomic E-state index is -4.52. The van der Waals surface area contributed by atoms with Gasteiger partial charge in [0.15, 0.2) is 11.5 Å². The van der Waals surface area contributed by atoms with E-state index in [-0.39, 0.29) is 11.3 Å². The molecule has 0 aliphatic carbocycles. The molecule has 0 unspecified atom stereocenters. The summed E-state index contributed by atoms with van der Waals surface area (Å²) in [6, 6.07) is 7.11. The van der Waals surface area contributed by atoms with Gasteiger partial charge in [-0.3, -0.25) is 4.79 Å². The van der Waals surface area contributed by atoms with Crippen molar-refractivity contribution >= 4 is 11.6 Å². The minimum Gasteiger partial charge on any atom is -0.493 e. The van der Waals surface area contributed by atoms with Crippen LogP contribution in [0.25, 0.3) is 0 Å². The number of carbonyl (C=O) groups is 1. The van der Waals surface area contributed by atoms with E-state index < -0.39 is 17.6 Å². The summed E-state index contributed by atoms with van der Waals surface area (Å²) in [5, 5.41) is 2.52. The van der Waals surface area contributed by atoms with Gasteiger partial charge in [-0.1, -0.05) is 6.07 Å². The molecule has 0 aliphatic heterocycles. The van der Waals surface area contributed by atoms with E-state index >= 15 is 0 Å². The standard InChI is InChI=1S/C17H16F3NO4/c1-23-13-8-12(9-14(24-2)15(13)25-3)21-16(22)10-5-4-6-11(7-10)17(18,19)20/h4-9H,1-3H3,(H,21,22). The third kappa shape index (κ3) is 4.14. The maximum Gasteiger partial charge on any atom is 0.416 e. The third-order valence-corrected chi connectivity index (χ3v) is 3.37. The highest BCUT2D eigenvalue weighted by Gasteiger charge is 2.31. The van der Waals surface area contributed by atoms with E-state index in [1.807, 2.05) is 0 Å². The van der Waals surface area contributed by atoms with Crippen LogP contribution in [0, 0.1) is 0 Å². The SMILES string of the molecule is COc1cc(NC(=O)c2cccc(C(F)(F)F)c2)cc(OC)c1OC. The first kappa shape index (κ1) is 18.4. The van der Waals surface area contributed by atoms with Crippen LogP contribution in [0.15, 0.2) is 36.4 Å². The number of nitrogens with one attached hydrogen (secondary N) is 1. The first-order valence-electron chi connectivity index (χ1n) is 7.08. The van der Waals surface area contributed by atoms with E-state index in [2.05, 4.69) is 5.32 Å². The molecular weight excluding hydrogens is 339 g/mol. The van der Waals surface area contributed by atoms with E-state index in [0.717, 1.165) is 12.1 Å². The first-order chi connectivity index (χ1) is 11.8. The van der Waals surface area contributed by atoms with Crippen LogP contribution in [0.5, 0.6) is 17.2 Å². The number of amides is 1. The van der Waals surface area contributed by atoms with Gasteiger partial charge >= 0.3 is 6.18 Å². The fourth-order valence-electron chi connectivity index (χ4n) is 2.19. The van der Waals surface area contributed by atoms with Gasteiger partial charge in [-0.05, 0) is 18.2 Å². The normalized spacial score (nSPS) is 11.0. The Morgan fingerprint density at radius 2 is 1.56 bits per heavy atom. The smallest absolute Gasteiger partial charge is 0.416 e. The van der Waals surface area contributed by atoms with Gasteiger partial charge in [0.05, 0.1) is 26.9 Å². The molecule has 0 heterocycles. The summed E-state index contributed by atoms with van der Waals surface area (Å²) >= 11 is 0. The Hall–Kier alpha value is -2.90. The molecule has 2 rings (SSSR count). The lowest BCUT2D eigenvalue weighted by Crippen LogP contribution is -2.14. The molecule has 0 bridgehead atoms. The molecule has 0 saturated heterocycles. The van der Waals surface area contributed by atoms with Crippen LogP contribution in [0.2, 0.25) is 0 Å². The number of halogens is 3. The molecule has 5 nitrogen and oxygen atoms in total. The molecule has 0 aliphatic rings. The van der Waals surface area contributed by atoms with Crippen LogP contribution in [-0.2, 0) is 6.18 Å². The zero-order valence-corrected chi connectivity index (χ0v) is 13.7. The number of rotatable bonds is 5. The zero-order chi connectivity index (χ0) is 18.6. The Balaban J connectivity index is 2.32. The van der Waals surface area contributed by atoms with Gasteiger partial charge in [0.25, 0.3) is 5.91 Å². The molecule has 0 atom stereocenters. The Labute approximate surface area is 142 Å². The summed E-state index contributed by atoms with van der Waals surface area (Å²) in [6.45, 7) is 0. The van der Waals surface area contributed by atoms with Crippen LogP contribution in [0.3, 0.4) is 0 Å². The Morgan fingerprint density at radius 3 is 2.04 bits per heavy atom. The lowest BCUT2D eigenvalue weighted by Gasteiger charge is -2.15. The van der Waals surface area contributed by atoms with Crippen molar-refractivity contribution in [3.8, 4) is 17.2 Å². The van der Waals surface area contributed by atoms with E-state index in [9.17, 15) is 18.0 Å². The van der Waals surface area contributed by atoms with Gasteiger partial charge in [-0.2, -0.15) is 13.2 Å².